The van der Waals surface area contributed by atoms with Crippen molar-refractivity contribution in [3.8, 4) is 11.8 Å². The molecule has 0 radical (unpaired) electrons. The summed E-state index contributed by atoms with van der Waals surface area (Å²) in [5.41, 5.74) is 6.43. The summed E-state index contributed by atoms with van der Waals surface area (Å²) >= 11 is 0. The molecule has 1 atom stereocenters. The minimum absolute atomic E-state index is 0.0454. The summed E-state index contributed by atoms with van der Waals surface area (Å²) in [7, 11) is 1.62. The first-order valence-corrected chi connectivity index (χ1v) is 6.52. The Balaban J connectivity index is 2.91. The van der Waals surface area contributed by atoms with E-state index in [0.29, 0.717) is 17.7 Å². The molecule has 0 aromatic carbocycles. The third-order valence-corrected chi connectivity index (χ3v) is 2.86. The zero-order chi connectivity index (χ0) is 15.0. The van der Waals surface area contributed by atoms with Crippen molar-refractivity contribution in [3.63, 3.8) is 0 Å². The Bertz CT molecular complexity index is 503. The number of carbonyl (C=O) groups excluding carboxylic acids is 1. The summed E-state index contributed by atoms with van der Waals surface area (Å²) in [6, 6.07) is 1.61. The number of nitrogens with one attached hydrogen (secondary N) is 1. The van der Waals surface area contributed by atoms with E-state index in [-0.39, 0.29) is 24.4 Å². The molecular weight excluding hydrogens is 254 g/mol. The second-order valence-electron chi connectivity index (χ2n) is 4.71. The van der Waals surface area contributed by atoms with Gasteiger partial charge in [-0.15, -0.1) is 0 Å². The molecule has 5 nitrogen and oxygen atoms in total. The largest absolute Gasteiger partial charge is 0.383 e. The summed E-state index contributed by atoms with van der Waals surface area (Å²) in [4.78, 5) is 16.3. The topological polar surface area (TPSA) is 77.2 Å². The summed E-state index contributed by atoms with van der Waals surface area (Å²) in [5, 5.41) is 2.96. The lowest BCUT2D eigenvalue weighted by Crippen LogP contribution is -2.41. The molecule has 0 aliphatic carbocycles. The predicted octanol–water partition coefficient (Wildman–Crippen LogP) is 0.793. The fourth-order valence-corrected chi connectivity index (χ4v) is 1.66. The number of rotatable bonds is 5. The quantitative estimate of drug-likeness (QED) is 0.779. The fraction of sp³-hybridized carbons (Fsp3) is 0.467. The number of methoxy groups -OCH3 is 1. The molecule has 0 spiro atoms. The number of hydrogen-bond acceptors (Lipinski definition) is 4. The first kappa shape index (κ1) is 16.2. The van der Waals surface area contributed by atoms with Gasteiger partial charge in [-0.05, 0) is 12.0 Å². The molecule has 0 fully saturated rings. The van der Waals surface area contributed by atoms with Gasteiger partial charge in [0, 0.05) is 19.5 Å². The highest BCUT2D eigenvalue weighted by Crippen LogP contribution is 2.08. The Morgan fingerprint density at radius 2 is 2.30 bits per heavy atom. The van der Waals surface area contributed by atoms with Crippen molar-refractivity contribution < 1.29 is 9.53 Å². The van der Waals surface area contributed by atoms with Crippen LogP contribution in [0.2, 0.25) is 0 Å². The van der Waals surface area contributed by atoms with E-state index in [9.17, 15) is 4.79 Å². The highest BCUT2D eigenvalue weighted by atomic mass is 16.5. The maximum atomic E-state index is 12.3. The van der Waals surface area contributed by atoms with E-state index in [4.69, 9.17) is 10.5 Å². The van der Waals surface area contributed by atoms with Crippen molar-refractivity contribution in [2.45, 2.75) is 19.9 Å². The Kier molecular flexibility index (Phi) is 6.71. The molecule has 1 unspecified atom stereocenters. The molecule has 0 aliphatic rings. The highest BCUT2D eigenvalue weighted by Gasteiger charge is 2.18. The second-order valence-corrected chi connectivity index (χ2v) is 4.71. The standard InChI is InChI=1S/C15H21N3O2/c1-11(2)14(10-20-3)18-15(19)13-6-8-17-9-12(13)5-4-7-16/h6,8-9,11,14H,7,10,16H2,1-3H3,(H,18,19). The van der Waals surface area contributed by atoms with E-state index in [1.165, 1.54) is 0 Å². The molecular formula is C15H21N3O2. The molecule has 108 valence electrons. The van der Waals surface area contributed by atoms with Gasteiger partial charge in [-0.2, -0.15) is 0 Å². The zero-order valence-electron chi connectivity index (χ0n) is 12.1. The average Bonchev–Trinajstić information content (AvgIpc) is 2.44. The Morgan fingerprint density at radius 3 is 2.90 bits per heavy atom. The Morgan fingerprint density at radius 1 is 1.55 bits per heavy atom. The van der Waals surface area contributed by atoms with Crippen molar-refractivity contribution in [1.82, 2.24) is 10.3 Å². The van der Waals surface area contributed by atoms with Crippen molar-refractivity contribution in [3.05, 3.63) is 29.6 Å². The zero-order valence-corrected chi connectivity index (χ0v) is 12.1. The van der Waals surface area contributed by atoms with Gasteiger partial charge in [0.1, 0.15) is 0 Å². The first-order valence-electron chi connectivity index (χ1n) is 6.52. The van der Waals surface area contributed by atoms with E-state index < -0.39 is 0 Å². The third kappa shape index (κ3) is 4.65. The van der Waals surface area contributed by atoms with Crippen LogP contribution in [-0.2, 0) is 4.74 Å². The van der Waals surface area contributed by atoms with Crippen LogP contribution < -0.4 is 11.1 Å². The van der Waals surface area contributed by atoms with E-state index in [2.05, 4.69) is 22.1 Å². The van der Waals surface area contributed by atoms with Crippen molar-refractivity contribution in [2.75, 3.05) is 20.3 Å². The lowest BCUT2D eigenvalue weighted by molar-refractivity contribution is 0.0866. The maximum Gasteiger partial charge on any atom is 0.252 e. The van der Waals surface area contributed by atoms with Crippen LogP contribution >= 0.6 is 0 Å². The molecule has 1 rings (SSSR count). The summed E-state index contributed by atoms with van der Waals surface area (Å²) < 4.78 is 5.13. The van der Waals surface area contributed by atoms with Crippen LogP contribution in [0.25, 0.3) is 0 Å². The van der Waals surface area contributed by atoms with E-state index in [1.807, 2.05) is 13.8 Å². The first-order chi connectivity index (χ1) is 9.60. The number of aromatic nitrogens is 1. The van der Waals surface area contributed by atoms with Gasteiger partial charge in [0.05, 0.1) is 30.3 Å². The Labute approximate surface area is 119 Å². The summed E-state index contributed by atoms with van der Waals surface area (Å²) in [6.45, 7) is 4.78. The molecule has 1 amide bonds. The monoisotopic (exact) mass is 275 g/mol. The molecule has 20 heavy (non-hydrogen) atoms. The number of nitrogens with zero attached hydrogens (tertiary/aromatic N) is 1. The smallest absolute Gasteiger partial charge is 0.252 e. The average molecular weight is 275 g/mol. The molecule has 0 aliphatic heterocycles. The highest BCUT2D eigenvalue weighted by molar-refractivity contribution is 5.96. The van der Waals surface area contributed by atoms with E-state index >= 15 is 0 Å². The van der Waals surface area contributed by atoms with Gasteiger partial charge in [0.15, 0.2) is 0 Å². The molecule has 5 heteroatoms. The van der Waals surface area contributed by atoms with Gasteiger partial charge in [-0.1, -0.05) is 25.7 Å². The van der Waals surface area contributed by atoms with Crippen LogP contribution in [0.15, 0.2) is 18.5 Å². The summed E-state index contributed by atoms with van der Waals surface area (Å²) in [6.07, 6.45) is 3.14. The SMILES string of the molecule is COCC(NC(=O)c1ccncc1C#CCN)C(C)C. The van der Waals surface area contributed by atoms with E-state index in [1.54, 1.807) is 25.6 Å². The lowest BCUT2D eigenvalue weighted by Gasteiger charge is -2.21. The number of carbonyl (C=O) groups is 1. The van der Waals surface area contributed by atoms with Gasteiger partial charge in [0.25, 0.3) is 5.91 Å². The number of pyridine rings is 1. The van der Waals surface area contributed by atoms with Crippen LogP contribution in [-0.4, -0.2) is 37.2 Å². The fourth-order valence-electron chi connectivity index (χ4n) is 1.66. The van der Waals surface area contributed by atoms with Gasteiger partial charge in [-0.3, -0.25) is 9.78 Å². The molecule has 3 N–H and O–H groups in total. The number of ether oxygens (including phenoxy) is 1. The van der Waals surface area contributed by atoms with Crippen molar-refractivity contribution >= 4 is 5.91 Å². The third-order valence-electron chi connectivity index (χ3n) is 2.86. The molecule has 0 saturated heterocycles. The maximum absolute atomic E-state index is 12.3. The number of nitrogens with two attached hydrogens (primary N) is 1. The minimum atomic E-state index is -0.176. The van der Waals surface area contributed by atoms with Crippen LogP contribution in [0.1, 0.15) is 29.8 Å². The van der Waals surface area contributed by atoms with Crippen LogP contribution in [0.4, 0.5) is 0 Å². The van der Waals surface area contributed by atoms with Gasteiger partial charge in [0.2, 0.25) is 0 Å². The number of amides is 1. The Hall–Kier alpha value is -1.90. The van der Waals surface area contributed by atoms with Gasteiger partial charge in [-0.25, -0.2) is 0 Å². The number of hydrogen-bond donors (Lipinski definition) is 2. The van der Waals surface area contributed by atoms with Crippen LogP contribution in [0, 0.1) is 17.8 Å². The van der Waals surface area contributed by atoms with Crippen LogP contribution in [0.5, 0.6) is 0 Å². The lowest BCUT2D eigenvalue weighted by atomic mass is 10.0. The minimum Gasteiger partial charge on any atom is -0.383 e. The van der Waals surface area contributed by atoms with Crippen LogP contribution in [0.3, 0.4) is 0 Å². The predicted molar refractivity (Wildman–Crippen MR) is 78.1 cm³/mol. The molecule has 1 heterocycles. The molecule has 0 saturated carbocycles. The molecule has 0 bridgehead atoms. The van der Waals surface area contributed by atoms with E-state index in [0.717, 1.165) is 0 Å². The normalized spacial score (nSPS) is 11.7. The second kappa shape index (κ2) is 8.31. The van der Waals surface area contributed by atoms with Crippen molar-refractivity contribution in [2.24, 2.45) is 11.7 Å². The molecule has 1 aromatic heterocycles. The van der Waals surface area contributed by atoms with Crippen molar-refractivity contribution in [1.29, 1.82) is 0 Å². The molecule has 1 aromatic rings. The van der Waals surface area contributed by atoms with Gasteiger partial charge < -0.3 is 15.8 Å². The summed E-state index contributed by atoms with van der Waals surface area (Å²) in [5.74, 6) is 5.69. The van der Waals surface area contributed by atoms with Gasteiger partial charge >= 0.3 is 0 Å².